The zero-order valence-corrected chi connectivity index (χ0v) is 15.7. The molecular weight excluding hydrogens is 276 g/mol. The third kappa shape index (κ3) is 1.70. The summed E-state index contributed by atoms with van der Waals surface area (Å²) in [4.78, 5) is 0. The highest BCUT2D eigenvalue weighted by Gasteiger charge is 2.71. The summed E-state index contributed by atoms with van der Waals surface area (Å²) < 4.78 is 0. The Balaban J connectivity index is 1.49. The molecule has 0 heteroatoms. The van der Waals surface area contributed by atoms with E-state index < -0.39 is 0 Å². The minimum Gasteiger partial charge on any atom is -0.0596 e. The first-order valence-corrected chi connectivity index (χ1v) is 10.7. The smallest absolute Gasteiger partial charge is 0.0225 e. The molecule has 0 heterocycles. The van der Waals surface area contributed by atoms with Crippen LogP contribution >= 0.6 is 0 Å². The maximum Gasteiger partial charge on any atom is -0.0225 e. The molecule has 0 aromatic heterocycles. The van der Waals surface area contributed by atoms with Crippen LogP contribution in [0.5, 0.6) is 0 Å². The van der Waals surface area contributed by atoms with Crippen molar-refractivity contribution in [1.29, 1.82) is 0 Å². The van der Waals surface area contributed by atoms with Gasteiger partial charge in [-0.25, -0.2) is 0 Å². The molecule has 0 aliphatic heterocycles. The Bertz CT molecular complexity index is 480. The Morgan fingerprint density at radius 1 is 0.478 bits per heavy atom. The van der Waals surface area contributed by atoms with E-state index >= 15 is 0 Å². The third-order valence-corrected chi connectivity index (χ3v) is 10.0. The largest absolute Gasteiger partial charge is 0.0596 e. The first-order valence-electron chi connectivity index (χ1n) is 10.7. The summed E-state index contributed by atoms with van der Waals surface area (Å²) in [6, 6.07) is 0. The van der Waals surface area contributed by atoms with Crippen molar-refractivity contribution < 1.29 is 0 Å². The van der Waals surface area contributed by atoms with E-state index in [0.717, 1.165) is 28.6 Å². The second kappa shape index (κ2) is 3.73. The summed E-state index contributed by atoms with van der Waals surface area (Å²) in [5.41, 5.74) is 3.58. The average molecular weight is 313 g/mol. The van der Waals surface area contributed by atoms with Gasteiger partial charge in [0.25, 0.3) is 0 Å². The Labute approximate surface area is 143 Å². The van der Waals surface area contributed by atoms with Crippen molar-refractivity contribution in [2.24, 2.45) is 44.8 Å². The Hall–Kier alpha value is 0. The fraction of sp³-hybridized carbons (Fsp3) is 1.00. The van der Waals surface area contributed by atoms with Crippen LogP contribution in [0.2, 0.25) is 0 Å². The molecule has 0 amide bonds. The molecule has 0 spiro atoms. The Kier molecular flexibility index (Phi) is 2.30. The molecule has 128 valence electrons. The van der Waals surface area contributed by atoms with Gasteiger partial charge in [-0.3, -0.25) is 0 Å². The molecule has 8 aliphatic carbocycles. The van der Waals surface area contributed by atoms with E-state index in [-0.39, 0.29) is 0 Å². The Morgan fingerprint density at radius 2 is 0.826 bits per heavy atom. The molecule has 0 aromatic carbocycles. The van der Waals surface area contributed by atoms with Crippen molar-refractivity contribution in [3.63, 3.8) is 0 Å². The molecule has 0 N–H and O–H groups in total. The fourth-order valence-electron chi connectivity index (χ4n) is 11.6. The van der Waals surface area contributed by atoms with Crippen LogP contribution in [0, 0.1) is 44.8 Å². The van der Waals surface area contributed by atoms with Gasteiger partial charge < -0.3 is 0 Å². The maximum absolute atomic E-state index is 2.69. The van der Waals surface area contributed by atoms with Crippen molar-refractivity contribution in [2.45, 2.75) is 97.8 Å². The van der Waals surface area contributed by atoms with Crippen LogP contribution in [0.1, 0.15) is 97.8 Å². The minimum absolute atomic E-state index is 0.682. The molecule has 0 aromatic rings. The molecule has 23 heavy (non-hydrogen) atoms. The molecule has 8 rings (SSSR count). The quantitative estimate of drug-likeness (QED) is 0.512. The van der Waals surface area contributed by atoms with E-state index in [1.807, 2.05) is 0 Å². The highest BCUT2D eigenvalue weighted by molar-refractivity contribution is 5.21. The summed E-state index contributed by atoms with van der Waals surface area (Å²) in [5.74, 6) is 3.38. The summed E-state index contributed by atoms with van der Waals surface area (Å²) in [6.07, 6.45) is 19.2. The van der Waals surface area contributed by atoms with Gasteiger partial charge in [0.05, 0.1) is 0 Å². The first-order chi connectivity index (χ1) is 10.7. The van der Waals surface area contributed by atoms with Gasteiger partial charge in [0.2, 0.25) is 0 Å². The highest BCUT2D eigenvalue weighted by atomic mass is 14.8. The lowest BCUT2D eigenvalue weighted by molar-refractivity contribution is -0.259. The van der Waals surface area contributed by atoms with Crippen molar-refractivity contribution in [3.8, 4) is 0 Å². The monoisotopic (exact) mass is 312 g/mol. The molecule has 8 fully saturated rings. The van der Waals surface area contributed by atoms with Gasteiger partial charge in [0.15, 0.2) is 0 Å². The topological polar surface area (TPSA) is 0 Å². The van der Waals surface area contributed by atoms with E-state index in [1.165, 1.54) is 0 Å². The zero-order valence-electron chi connectivity index (χ0n) is 15.7. The van der Waals surface area contributed by atoms with E-state index in [9.17, 15) is 0 Å². The van der Waals surface area contributed by atoms with Crippen LogP contribution in [0.4, 0.5) is 0 Å². The molecular formula is C23H36. The molecule has 0 atom stereocenters. The van der Waals surface area contributed by atoms with E-state index in [0.29, 0.717) is 16.2 Å². The fourth-order valence-corrected chi connectivity index (χ4v) is 11.6. The lowest BCUT2D eigenvalue weighted by atomic mass is 9.29. The molecule has 0 radical (unpaired) electrons. The average Bonchev–Trinajstić information content (AvgIpc) is 2.30. The zero-order chi connectivity index (χ0) is 15.7. The lowest BCUT2D eigenvalue weighted by Gasteiger charge is -2.76. The normalized spacial score (nSPS) is 68.7. The van der Waals surface area contributed by atoms with Crippen LogP contribution in [0.15, 0.2) is 0 Å². The standard InChI is InChI=1S/C23H36/c1-19-10-20(2)12-21(3,11-19)15-23(13-19,14-20)22-7-16-4-17(8-22)6-18(5-16)9-22/h16-18H,4-15H2,1-3H3. The van der Waals surface area contributed by atoms with Crippen molar-refractivity contribution in [3.05, 3.63) is 0 Å². The third-order valence-electron chi connectivity index (χ3n) is 10.0. The predicted octanol–water partition coefficient (Wildman–Crippen LogP) is 6.59. The molecule has 0 saturated heterocycles. The SMILES string of the molecule is CC12CC3(C)CC(C)(C1)CC(C14CC5CC(CC(C5)C1)C4)(C2)C3. The molecule has 8 aliphatic rings. The number of hydrogen-bond donors (Lipinski definition) is 0. The van der Waals surface area contributed by atoms with Gasteiger partial charge >= 0.3 is 0 Å². The van der Waals surface area contributed by atoms with Gasteiger partial charge in [-0.1, -0.05) is 20.8 Å². The van der Waals surface area contributed by atoms with Crippen LogP contribution in [-0.4, -0.2) is 0 Å². The molecule has 8 saturated carbocycles. The second-order valence-electron chi connectivity index (χ2n) is 13.0. The summed E-state index contributed by atoms with van der Waals surface area (Å²) in [7, 11) is 0. The van der Waals surface area contributed by atoms with Gasteiger partial charge in [-0.15, -0.1) is 0 Å². The van der Waals surface area contributed by atoms with Gasteiger partial charge in [0, 0.05) is 0 Å². The van der Waals surface area contributed by atoms with Crippen molar-refractivity contribution in [2.75, 3.05) is 0 Å². The van der Waals surface area contributed by atoms with Gasteiger partial charge in [-0.2, -0.15) is 0 Å². The Morgan fingerprint density at radius 3 is 1.17 bits per heavy atom. The predicted molar refractivity (Wildman–Crippen MR) is 95.1 cm³/mol. The van der Waals surface area contributed by atoms with Crippen molar-refractivity contribution in [1.82, 2.24) is 0 Å². The van der Waals surface area contributed by atoms with Crippen LogP contribution in [0.3, 0.4) is 0 Å². The van der Waals surface area contributed by atoms with Crippen LogP contribution < -0.4 is 0 Å². The van der Waals surface area contributed by atoms with Gasteiger partial charge in [0.1, 0.15) is 0 Å². The minimum atomic E-state index is 0.682. The van der Waals surface area contributed by atoms with E-state index in [2.05, 4.69) is 20.8 Å². The second-order valence-corrected chi connectivity index (χ2v) is 13.0. The molecule has 8 bridgehead atoms. The van der Waals surface area contributed by atoms with E-state index in [1.54, 1.807) is 77.0 Å². The van der Waals surface area contributed by atoms with Crippen LogP contribution in [0.25, 0.3) is 0 Å². The number of rotatable bonds is 1. The summed E-state index contributed by atoms with van der Waals surface area (Å²) in [6.45, 7) is 8.07. The summed E-state index contributed by atoms with van der Waals surface area (Å²) >= 11 is 0. The van der Waals surface area contributed by atoms with Gasteiger partial charge in [-0.05, 0) is 122 Å². The lowest BCUT2D eigenvalue weighted by Crippen LogP contribution is -2.66. The molecule has 0 unspecified atom stereocenters. The van der Waals surface area contributed by atoms with E-state index in [4.69, 9.17) is 0 Å². The highest BCUT2D eigenvalue weighted by Crippen LogP contribution is 2.81. The molecule has 0 nitrogen and oxygen atoms in total. The van der Waals surface area contributed by atoms with Crippen LogP contribution in [-0.2, 0) is 0 Å². The van der Waals surface area contributed by atoms with Crippen molar-refractivity contribution >= 4 is 0 Å². The maximum atomic E-state index is 2.69. The summed E-state index contributed by atoms with van der Waals surface area (Å²) in [5, 5.41) is 0. The number of hydrogen-bond acceptors (Lipinski definition) is 0. The first kappa shape index (κ1) is 14.2.